The van der Waals surface area contributed by atoms with Gasteiger partial charge in [-0.2, -0.15) is 13.2 Å². The van der Waals surface area contributed by atoms with Crippen LogP contribution >= 0.6 is 27.5 Å². The number of likely N-dealkylation sites (tertiary alicyclic amines) is 1. The summed E-state index contributed by atoms with van der Waals surface area (Å²) in [7, 11) is 4.24. The van der Waals surface area contributed by atoms with Crippen molar-refractivity contribution in [3.8, 4) is 0 Å². The van der Waals surface area contributed by atoms with Crippen LogP contribution in [0.5, 0.6) is 0 Å². The van der Waals surface area contributed by atoms with Crippen molar-refractivity contribution in [3.63, 3.8) is 0 Å². The summed E-state index contributed by atoms with van der Waals surface area (Å²) in [6, 6.07) is 8.38. The molecule has 1 atom stereocenters. The van der Waals surface area contributed by atoms with Crippen LogP contribution in [-0.2, 0) is 0 Å². The average Bonchev–Trinajstić information content (AvgIpc) is 2.78. The smallest absolute Gasteiger partial charge is 0.317 e. The molecule has 1 N–H and O–H groups in total. The Kier molecular flexibility index (Phi) is 10.8. The van der Waals surface area contributed by atoms with Gasteiger partial charge < -0.3 is 10.2 Å². The molecule has 1 saturated heterocycles. The van der Waals surface area contributed by atoms with Crippen molar-refractivity contribution >= 4 is 39.9 Å². The van der Waals surface area contributed by atoms with E-state index in [1.54, 1.807) is 32.0 Å². The summed E-state index contributed by atoms with van der Waals surface area (Å²) in [6.45, 7) is 6.01. The molecule has 2 aromatic rings. The molecule has 0 bridgehead atoms. The number of nitrogens with one attached hydrogen (secondary N) is 1. The molecule has 34 heavy (non-hydrogen) atoms. The second kappa shape index (κ2) is 12.9. The van der Waals surface area contributed by atoms with Gasteiger partial charge in [0.15, 0.2) is 6.29 Å². The Labute approximate surface area is 213 Å². The lowest BCUT2D eigenvalue weighted by Crippen LogP contribution is -2.39. The molecule has 3 nitrogen and oxygen atoms in total. The average molecular weight is 560 g/mol. The van der Waals surface area contributed by atoms with Crippen LogP contribution in [0.1, 0.15) is 51.4 Å². The monoisotopic (exact) mass is 558 g/mol. The fourth-order valence-electron chi connectivity index (χ4n) is 3.68. The number of allylic oxidation sites excluding steroid dienone is 1. The Balaban J connectivity index is 0.000000379. The number of piperidine rings is 1. The highest BCUT2D eigenvalue weighted by Gasteiger charge is 2.39. The van der Waals surface area contributed by atoms with Crippen LogP contribution in [0.4, 0.5) is 13.2 Å². The van der Waals surface area contributed by atoms with Gasteiger partial charge in [-0.05, 0) is 94.3 Å². The first-order valence-corrected chi connectivity index (χ1v) is 12.3. The van der Waals surface area contributed by atoms with Crippen LogP contribution in [0.15, 0.2) is 40.9 Å². The van der Waals surface area contributed by atoms with Crippen LogP contribution in [0, 0.1) is 13.8 Å². The molecule has 1 aliphatic heterocycles. The van der Waals surface area contributed by atoms with Crippen LogP contribution in [0.25, 0.3) is 6.08 Å². The lowest BCUT2D eigenvalue weighted by molar-refractivity contribution is -0.139. The molecule has 1 fully saturated rings. The van der Waals surface area contributed by atoms with Crippen molar-refractivity contribution < 1.29 is 18.0 Å². The number of carbonyl (C=O) groups is 1. The Morgan fingerprint density at radius 3 is 2.32 bits per heavy atom. The van der Waals surface area contributed by atoms with E-state index in [-0.39, 0.29) is 5.56 Å². The maximum absolute atomic E-state index is 13.5. The van der Waals surface area contributed by atoms with Gasteiger partial charge in [0.25, 0.3) is 0 Å². The molecule has 3 rings (SSSR count). The number of aryl methyl sites for hydroxylation is 1. The van der Waals surface area contributed by atoms with E-state index in [0.717, 1.165) is 17.7 Å². The summed E-state index contributed by atoms with van der Waals surface area (Å²) in [6.07, 6.45) is 1.35. The zero-order valence-electron chi connectivity index (χ0n) is 19.8. The van der Waals surface area contributed by atoms with Gasteiger partial charge in [-0.3, -0.25) is 4.79 Å². The van der Waals surface area contributed by atoms with E-state index in [4.69, 9.17) is 11.6 Å². The van der Waals surface area contributed by atoms with Gasteiger partial charge >= 0.3 is 6.18 Å². The number of alkyl halides is 3. The number of halogens is 5. The Morgan fingerprint density at radius 2 is 1.82 bits per heavy atom. The zero-order valence-corrected chi connectivity index (χ0v) is 22.2. The lowest BCUT2D eigenvalue weighted by atomic mass is 9.94. The summed E-state index contributed by atoms with van der Waals surface area (Å²) < 4.78 is 41.1. The highest BCUT2D eigenvalue weighted by molar-refractivity contribution is 9.10. The van der Waals surface area contributed by atoms with Crippen molar-refractivity contribution in [2.75, 3.05) is 27.2 Å². The molecule has 0 aromatic heterocycles. The molecular formula is C26H31BrClF3N2O. The Morgan fingerprint density at radius 1 is 1.18 bits per heavy atom. The molecule has 0 spiro atoms. The first-order valence-electron chi connectivity index (χ1n) is 11.1. The topological polar surface area (TPSA) is 32.3 Å². The summed E-state index contributed by atoms with van der Waals surface area (Å²) in [5.41, 5.74) is 2.57. The van der Waals surface area contributed by atoms with Crippen molar-refractivity contribution in [3.05, 3.63) is 73.7 Å². The minimum atomic E-state index is -4.44. The van der Waals surface area contributed by atoms with Gasteiger partial charge in [0, 0.05) is 21.1 Å². The van der Waals surface area contributed by atoms with Crippen LogP contribution in [0.3, 0.4) is 0 Å². The fraction of sp³-hybridized carbons (Fsp3) is 0.423. The second-order valence-corrected chi connectivity index (χ2v) is 9.85. The van der Waals surface area contributed by atoms with Crippen molar-refractivity contribution in [1.29, 1.82) is 0 Å². The van der Waals surface area contributed by atoms with Gasteiger partial charge in [0.05, 0.1) is 5.92 Å². The van der Waals surface area contributed by atoms with Crippen LogP contribution in [0.2, 0.25) is 5.02 Å². The number of nitrogens with zero attached hydrogens (tertiary/aromatic N) is 1. The molecule has 0 radical (unpaired) electrons. The van der Waals surface area contributed by atoms with E-state index in [9.17, 15) is 18.0 Å². The highest BCUT2D eigenvalue weighted by Crippen LogP contribution is 2.38. The third-order valence-electron chi connectivity index (χ3n) is 6.10. The number of benzene rings is 2. The van der Waals surface area contributed by atoms with Crippen molar-refractivity contribution in [1.82, 2.24) is 10.2 Å². The predicted molar refractivity (Wildman–Crippen MR) is 138 cm³/mol. The molecule has 2 aromatic carbocycles. The number of hydrogen-bond donors (Lipinski definition) is 1. The van der Waals surface area contributed by atoms with Gasteiger partial charge in [0.2, 0.25) is 0 Å². The summed E-state index contributed by atoms with van der Waals surface area (Å²) >= 11 is 9.27. The van der Waals surface area contributed by atoms with Gasteiger partial charge in [-0.15, -0.1) is 0 Å². The zero-order chi connectivity index (χ0) is 25.5. The lowest BCUT2D eigenvalue weighted by Gasteiger charge is -2.28. The standard InChI is InChI=1S/C19H15BrClF3O.C7H16N2/c1-11-7-15(9-18(21)12(11)2)16(19(22,23)24)6-4-13-3-5-14(10-25)17(20)8-13;1-8-7-3-5-9(2)6-4-7/h3-10,16H,1-2H3;7-8H,3-6H2,1-2H3/b6-4+;. The Hall–Kier alpha value is -1.67. The number of aldehydes is 1. The molecule has 8 heteroatoms. The minimum absolute atomic E-state index is 0.0976. The molecule has 1 heterocycles. The second-order valence-electron chi connectivity index (χ2n) is 8.59. The quantitative estimate of drug-likeness (QED) is 0.394. The highest BCUT2D eigenvalue weighted by atomic mass is 79.9. The van der Waals surface area contributed by atoms with Gasteiger partial charge in [0.1, 0.15) is 0 Å². The SMILES string of the molecule is CNC1CCN(C)CC1.Cc1cc(C(/C=C/c2ccc(C=O)c(Br)c2)C(F)(F)F)cc(Cl)c1C. The first kappa shape index (κ1) is 28.6. The van der Waals surface area contributed by atoms with Gasteiger partial charge in [-0.25, -0.2) is 0 Å². The van der Waals surface area contributed by atoms with E-state index < -0.39 is 12.1 Å². The summed E-state index contributed by atoms with van der Waals surface area (Å²) in [5.74, 6) is -1.77. The molecular weight excluding hydrogens is 529 g/mol. The molecule has 0 saturated carbocycles. The van der Waals surface area contributed by atoms with E-state index in [1.807, 2.05) is 0 Å². The molecule has 0 amide bonds. The number of carbonyl (C=O) groups excluding carboxylic acids is 1. The third kappa shape index (κ3) is 8.22. The molecule has 186 valence electrons. The molecule has 0 aliphatic carbocycles. The molecule has 1 aliphatic rings. The maximum Gasteiger partial charge on any atom is 0.399 e. The van der Waals surface area contributed by atoms with E-state index in [1.165, 1.54) is 44.1 Å². The third-order valence-corrected chi connectivity index (χ3v) is 7.18. The summed E-state index contributed by atoms with van der Waals surface area (Å²) in [4.78, 5) is 13.2. The van der Waals surface area contributed by atoms with E-state index >= 15 is 0 Å². The van der Waals surface area contributed by atoms with Crippen molar-refractivity contribution in [2.45, 2.75) is 44.8 Å². The maximum atomic E-state index is 13.5. The Bertz CT molecular complexity index is 979. The first-order chi connectivity index (χ1) is 16.0. The van der Waals surface area contributed by atoms with Gasteiger partial charge in [-0.1, -0.05) is 51.8 Å². The fourth-order valence-corrected chi connectivity index (χ4v) is 4.44. The number of hydrogen-bond acceptors (Lipinski definition) is 3. The number of rotatable bonds is 5. The predicted octanol–water partition coefficient (Wildman–Crippen LogP) is 7.19. The van der Waals surface area contributed by atoms with Crippen molar-refractivity contribution in [2.24, 2.45) is 0 Å². The largest absolute Gasteiger partial charge is 0.399 e. The minimum Gasteiger partial charge on any atom is -0.317 e. The van der Waals surface area contributed by atoms with E-state index in [2.05, 4.69) is 40.2 Å². The summed E-state index contributed by atoms with van der Waals surface area (Å²) in [5, 5.41) is 3.61. The van der Waals surface area contributed by atoms with Crippen LogP contribution < -0.4 is 5.32 Å². The molecule has 1 unspecified atom stereocenters. The van der Waals surface area contributed by atoms with E-state index in [0.29, 0.717) is 32.5 Å². The van der Waals surface area contributed by atoms with Crippen LogP contribution in [-0.4, -0.2) is 50.6 Å². The normalized spacial score (nSPS) is 16.3.